The highest BCUT2D eigenvalue weighted by Crippen LogP contribution is 2.60. The summed E-state index contributed by atoms with van der Waals surface area (Å²) in [6.07, 6.45) is 7.66. The molecule has 4 aliphatic carbocycles. The highest BCUT2D eigenvalue weighted by Gasteiger charge is 2.55. The first-order valence-corrected chi connectivity index (χ1v) is 11.9. The summed E-state index contributed by atoms with van der Waals surface area (Å²) in [4.78, 5) is 22.8. The lowest BCUT2D eigenvalue weighted by Crippen LogP contribution is -2.58. The highest BCUT2D eigenvalue weighted by atomic mass is 35.5. The zero-order valence-electron chi connectivity index (χ0n) is 16.1. The smallest absolute Gasteiger partial charge is 0.228 e. The number of benzene rings is 1. The monoisotopic (exact) mass is 415 g/mol. The minimum atomic E-state index is -0.0104. The lowest BCUT2D eigenvalue weighted by molar-refractivity contribution is -0.158. The van der Waals surface area contributed by atoms with Crippen molar-refractivity contribution in [2.75, 3.05) is 31.1 Å². The Balaban J connectivity index is 1.16. The van der Waals surface area contributed by atoms with E-state index in [2.05, 4.69) is 9.80 Å². The van der Waals surface area contributed by atoms with Crippen LogP contribution in [0, 0.1) is 23.2 Å². The Kier molecular flexibility index (Phi) is 3.96. The van der Waals surface area contributed by atoms with Crippen molar-refractivity contribution in [2.24, 2.45) is 23.2 Å². The van der Waals surface area contributed by atoms with Crippen molar-refractivity contribution in [3.05, 3.63) is 23.2 Å². The van der Waals surface area contributed by atoms with Crippen molar-refractivity contribution in [2.45, 2.75) is 38.5 Å². The largest absolute Gasteiger partial charge is 0.345 e. The van der Waals surface area contributed by atoms with Gasteiger partial charge < -0.3 is 9.80 Å². The van der Waals surface area contributed by atoms with Gasteiger partial charge in [-0.3, -0.25) is 4.79 Å². The Morgan fingerprint density at radius 1 is 1.04 bits per heavy atom. The van der Waals surface area contributed by atoms with Crippen molar-refractivity contribution in [3.8, 4) is 0 Å². The molecule has 0 atom stereocenters. The van der Waals surface area contributed by atoms with Crippen LogP contribution in [-0.4, -0.2) is 42.0 Å². The average Bonchev–Trinajstić information content (AvgIpc) is 3.09. The van der Waals surface area contributed by atoms with Gasteiger partial charge in [-0.2, -0.15) is 0 Å². The van der Waals surface area contributed by atoms with Gasteiger partial charge in [-0.25, -0.2) is 4.98 Å². The molecule has 0 N–H and O–H groups in total. The van der Waals surface area contributed by atoms with E-state index in [4.69, 9.17) is 16.6 Å². The first kappa shape index (κ1) is 17.5. The van der Waals surface area contributed by atoms with Crippen LogP contribution in [0.15, 0.2) is 18.2 Å². The number of piperazine rings is 1. The summed E-state index contributed by atoms with van der Waals surface area (Å²) < 4.78 is 1.13. The third-order valence-corrected chi connectivity index (χ3v) is 8.98. The standard InChI is InChI=1S/C22H26ClN3OS/c23-17-1-2-18-19(10-17)28-21(24-18)26-5-3-25(4-6-26)20(27)22-11-14-7-15(12-22)9-16(8-14)13-22/h1-2,10,14-16H,3-9,11-13H2. The number of carbonyl (C=O) groups is 1. The summed E-state index contributed by atoms with van der Waals surface area (Å²) in [6.45, 7) is 3.42. The normalized spacial score (nSPS) is 34.4. The van der Waals surface area contributed by atoms with E-state index in [1.807, 2.05) is 18.2 Å². The molecule has 1 aromatic heterocycles. The molecular weight excluding hydrogens is 390 g/mol. The fraction of sp³-hybridized carbons (Fsp3) is 0.636. The molecule has 7 rings (SSSR count). The second-order valence-electron chi connectivity index (χ2n) is 9.59. The molecule has 1 aromatic carbocycles. The first-order valence-electron chi connectivity index (χ1n) is 10.7. The lowest BCUT2D eigenvalue weighted by atomic mass is 9.49. The SMILES string of the molecule is O=C(N1CCN(c2nc3ccc(Cl)cc3s2)CC1)C12CC3CC(CC(C3)C1)C2. The van der Waals surface area contributed by atoms with Gasteiger partial charge in [0.15, 0.2) is 5.13 Å². The van der Waals surface area contributed by atoms with Crippen LogP contribution in [0.25, 0.3) is 10.2 Å². The number of nitrogens with zero attached hydrogens (tertiary/aromatic N) is 3. The van der Waals surface area contributed by atoms with Crippen molar-refractivity contribution < 1.29 is 4.79 Å². The van der Waals surface area contributed by atoms with E-state index in [0.29, 0.717) is 5.91 Å². The molecule has 6 heteroatoms. The average molecular weight is 416 g/mol. The van der Waals surface area contributed by atoms with E-state index in [1.165, 1.54) is 19.3 Å². The van der Waals surface area contributed by atoms with Crippen LogP contribution in [0.5, 0.6) is 0 Å². The van der Waals surface area contributed by atoms with Crippen LogP contribution in [0.4, 0.5) is 5.13 Å². The Morgan fingerprint density at radius 2 is 1.68 bits per heavy atom. The molecule has 5 fully saturated rings. The topological polar surface area (TPSA) is 36.4 Å². The second kappa shape index (κ2) is 6.33. The van der Waals surface area contributed by atoms with Gasteiger partial charge in [0.1, 0.15) is 0 Å². The zero-order chi connectivity index (χ0) is 18.9. The molecule has 1 aliphatic heterocycles. The van der Waals surface area contributed by atoms with Gasteiger partial charge in [0.05, 0.1) is 15.6 Å². The van der Waals surface area contributed by atoms with E-state index in [0.717, 1.165) is 83.6 Å². The van der Waals surface area contributed by atoms with Crippen LogP contribution in [0.3, 0.4) is 0 Å². The van der Waals surface area contributed by atoms with Crippen LogP contribution in [0.1, 0.15) is 38.5 Å². The minimum Gasteiger partial charge on any atom is -0.345 e. The maximum atomic E-state index is 13.6. The van der Waals surface area contributed by atoms with Gasteiger partial charge in [0.25, 0.3) is 0 Å². The Morgan fingerprint density at radius 3 is 2.32 bits per heavy atom. The number of amides is 1. The number of hydrogen-bond acceptors (Lipinski definition) is 4. The molecule has 4 nitrogen and oxygen atoms in total. The minimum absolute atomic E-state index is 0.0104. The fourth-order valence-corrected chi connectivity index (χ4v) is 8.12. The molecule has 0 unspecified atom stereocenters. The molecule has 0 radical (unpaired) electrons. The van der Waals surface area contributed by atoms with E-state index in [1.54, 1.807) is 11.3 Å². The fourth-order valence-electron chi connectivity index (χ4n) is 6.83. The molecule has 28 heavy (non-hydrogen) atoms. The molecular formula is C22H26ClN3OS. The predicted octanol–water partition coefficient (Wildman–Crippen LogP) is 4.81. The summed E-state index contributed by atoms with van der Waals surface area (Å²) in [6, 6.07) is 5.88. The van der Waals surface area contributed by atoms with Crippen molar-refractivity contribution in [1.82, 2.24) is 9.88 Å². The molecule has 0 spiro atoms. The van der Waals surface area contributed by atoms with E-state index in [-0.39, 0.29) is 5.41 Å². The van der Waals surface area contributed by atoms with E-state index < -0.39 is 0 Å². The Labute approximate surface area is 174 Å². The Bertz CT molecular complexity index is 898. The number of thiazole rings is 1. The number of anilines is 1. The molecule has 148 valence electrons. The number of carbonyl (C=O) groups excluding carboxylic acids is 1. The Hall–Kier alpha value is -1.33. The molecule has 2 heterocycles. The summed E-state index contributed by atoms with van der Waals surface area (Å²) in [5.74, 6) is 2.95. The second-order valence-corrected chi connectivity index (χ2v) is 11.0. The summed E-state index contributed by atoms with van der Waals surface area (Å²) in [5.41, 5.74) is 1.00. The third kappa shape index (κ3) is 2.77. The quantitative estimate of drug-likeness (QED) is 0.705. The number of fused-ring (bicyclic) bond motifs is 1. The van der Waals surface area contributed by atoms with Crippen molar-refractivity contribution in [1.29, 1.82) is 0 Å². The van der Waals surface area contributed by atoms with Gasteiger partial charge in [-0.15, -0.1) is 0 Å². The maximum absolute atomic E-state index is 13.6. The van der Waals surface area contributed by atoms with Gasteiger partial charge >= 0.3 is 0 Å². The van der Waals surface area contributed by atoms with Crippen molar-refractivity contribution >= 4 is 44.2 Å². The molecule has 2 aromatic rings. The third-order valence-electron chi connectivity index (χ3n) is 7.67. The summed E-state index contributed by atoms with van der Waals surface area (Å²) >= 11 is 7.82. The molecule has 5 aliphatic rings. The van der Waals surface area contributed by atoms with E-state index in [9.17, 15) is 4.79 Å². The molecule has 1 saturated heterocycles. The van der Waals surface area contributed by atoms with Crippen LogP contribution in [-0.2, 0) is 4.79 Å². The number of aromatic nitrogens is 1. The van der Waals surface area contributed by atoms with Crippen LogP contribution >= 0.6 is 22.9 Å². The van der Waals surface area contributed by atoms with Crippen LogP contribution < -0.4 is 4.90 Å². The lowest BCUT2D eigenvalue weighted by Gasteiger charge is -2.57. The van der Waals surface area contributed by atoms with Gasteiger partial charge in [-0.05, 0) is 74.5 Å². The first-order chi connectivity index (χ1) is 13.6. The van der Waals surface area contributed by atoms with Gasteiger partial charge in [0, 0.05) is 31.2 Å². The highest BCUT2D eigenvalue weighted by molar-refractivity contribution is 7.22. The zero-order valence-corrected chi connectivity index (χ0v) is 17.6. The molecule has 4 bridgehead atoms. The van der Waals surface area contributed by atoms with Crippen LogP contribution in [0.2, 0.25) is 5.02 Å². The molecule has 1 amide bonds. The number of rotatable bonds is 2. The van der Waals surface area contributed by atoms with Gasteiger partial charge in [0.2, 0.25) is 5.91 Å². The summed E-state index contributed by atoms with van der Waals surface area (Å²) in [5, 5.41) is 1.81. The number of halogens is 1. The molecule has 4 saturated carbocycles. The van der Waals surface area contributed by atoms with Gasteiger partial charge in [-0.1, -0.05) is 22.9 Å². The van der Waals surface area contributed by atoms with E-state index >= 15 is 0 Å². The summed E-state index contributed by atoms with van der Waals surface area (Å²) in [7, 11) is 0. The maximum Gasteiger partial charge on any atom is 0.228 e. The number of hydrogen-bond donors (Lipinski definition) is 0. The van der Waals surface area contributed by atoms with Crippen molar-refractivity contribution in [3.63, 3.8) is 0 Å². The predicted molar refractivity (Wildman–Crippen MR) is 114 cm³/mol.